The molecule has 0 fully saturated rings. The van der Waals surface area contributed by atoms with Gasteiger partial charge in [0.05, 0.1) is 0 Å². The number of aryl methyl sites for hydroxylation is 1. The quantitative estimate of drug-likeness (QED) is 0.790. The number of rotatable bonds is 5. The predicted molar refractivity (Wildman–Crippen MR) is 62.9 cm³/mol. The van der Waals surface area contributed by atoms with Gasteiger partial charge >= 0.3 is 0 Å². The Morgan fingerprint density at radius 1 is 1.53 bits per heavy atom. The van der Waals surface area contributed by atoms with Crippen molar-refractivity contribution in [2.75, 3.05) is 24.5 Å². The van der Waals surface area contributed by atoms with Gasteiger partial charge in [-0.2, -0.15) is 0 Å². The van der Waals surface area contributed by atoms with Crippen molar-refractivity contribution in [3.05, 3.63) is 18.0 Å². The number of anilines is 1. The third kappa shape index (κ3) is 3.47. The summed E-state index contributed by atoms with van der Waals surface area (Å²) in [5.74, 6) is 1.27. The van der Waals surface area contributed by atoms with Gasteiger partial charge < -0.3 is 10.6 Å². The average Bonchev–Trinajstić information content (AvgIpc) is 2.25. The van der Waals surface area contributed by atoms with Gasteiger partial charge in [-0.1, -0.05) is 6.92 Å². The van der Waals surface area contributed by atoms with Gasteiger partial charge in [0.25, 0.3) is 0 Å². The van der Waals surface area contributed by atoms with Crippen LogP contribution in [0.2, 0.25) is 0 Å². The minimum atomic E-state index is 0.467. The van der Waals surface area contributed by atoms with E-state index in [1.165, 1.54) is 0 Å². The first kappa shape index (κ1) is 11.9. The van der Waals surface area contributed by atoms with Gasteiger partial charge in [-0.15, -0.1) is 0 Å². The van der Waals surface area contributed by atoms with Crippen molar-refractivity contribution in [2.24, 2.45) is 11.7 Å². The Kier molecular flexibility index (Phi) is 4.49. The van der Waals surface area contributed by atoms with Crippen LogP contribution in [0.4, 0.5) is 5.95 Å². The standard InChI is InChI=1S/C11H20N4/c1-4-15(8-9(2)7-12)11-13-6-5-10(3)14-11/h5-6,9H,4,7-8,12H2,1-3H3. The Morgan fingerprint density at radius 2 is 2.27 bits per heavy atom. The second kappa shape index (κ2) is 5.66. The van der Waals surface area contributed by atoms with Crippen molar-refractivity contribution < 1.29 is 0 Å². The van der Waals surface area contributed by atoms with Crippen LogP contribution >= 0.6 is 0 Å². The summed E-state index contributed by atoms with van der Waals surface area (Å²) in [6, 6.07) is 1.91. The summed E-state index contributed by atoms with van der Waals surface area (Å²) < 4.78 is 0. The summed E-state index contributed by atoms with van der Waals surface area (Å²) >= 11 is 0. The van der Waals surface area contributed by atoms with Crippen molar-refractivity contribution in [1.29, 1.82) is 0 Å². The molecule has 1 aromatic heterocycles. The van der Waals surface area contributed by atoms with E-state index in [1.54, 1.807) is 6.20 Å². The summed E-state index contributed by atoms with van der Waals surface area (Å²) in [4.78, 5) is 10.8. The molecule has 0 spiro atoms. The van der Waals surface area contributed by atoms with Crippen LogP contribution in [0.1, 0.15) is 19.5 Å². The van der Waals surface area contributed by atoms with Crippen LogP contribution in [0.5, 0.6) is 0 Å². The van der Waals surface area contributed by atoms with Gasteiger partial charge in [0.1, 0.15) is 0 Å². The lowest BCUT2D eigenvalue weighted by molar-refractivity contribution is 0.569. The number of hydrogen-bond donors (Lipinski definition) is 1. The molecule has 15 heavy (non-hydrogen) atoms. The van der Waals surface area contributed by atoms with Gasteiger partial charge in [0.15, 0.2) is 0 Å². The van der Waals surface area contributed by atoms with E-state index in [4.69, 9.17) is 5.73 Å². The number of aromatic nitrogens is 2. The molecule has 0 saturated heterocycles. The molecular formula is C11H20N4. The number of nitrogens with two attached hydrogens (primary N) is 1. The van der Waals surface area contributed by atoms with Gasteiger partial charge in [0, 0.05) is 25.0 Å². The van der Waals surface area contributed by atoms with Crippen molar-refractivity contribution in [2.45, 2.75) is 20.8 Å². The Morgan fingerprint density at radius 3 is 2.80 bits per heavy atom. The van der Waals surface area contributed by atoms with Crippen molar-refractivity contribution >= 4 is 5.95 Å². The maximum Gasteiger partial charge on any atom is 0.225 e. The minimum Gasteiger partial charge on any atom is -0.341 e. The van der Waals surface area contributed by atoms with Gasteiger partial charge in [0.2, 0.25) is 5.95 Å². The third-order valence-electron chi connectivity index (χ3n) is 2.38. The van der Waals surface area contributed by atoms with Crippen molar-refractivity contribution in [3.63, 3.8) is 0 Å². The topological polar surface area (TPSA) is 55.0 Å². The molecule has 0 aliphatic rings. The van der Waals surface area contributed by atoms with E-state index in [9.17, 15) is 0 Å². The fourth-order valence-electron chi connectivity index (χ4n) is 1.39. The highest BCUT2D eigenvalue weighted by Crippen LogP contribution is 2.09. The highest BCUT2D eigenvalue weighted by atomic mass is 15.2. The Labute approximate surface area is 91.5 Å². The van der Waals surface area contributed by atoms with E-state index in [1.807, 2.05) is 13.0 Å². The first-order valence-electron chi connectivity index (χ1n) is 5.42. The van der Waals surface area contributed by atoms with E-state index in [-0.39, 0.29) is 0 Å². The van der Waals surface area contributed by atoms with Crippen LogP contribution in [-0.2, 0) is 0 Å². The van der Waals surface area contributed by atoms with E-state index in [0.717, 1.165) is 24.7 Å². The molecular weight excluding hydrogens is 188 g/mol. The van der Waals surface area contributed by atoms with Gasteiger partial charge in [-0.3, -0.25) is 0 Å². The molecule has 2 N–H and O–H groups in total. The highest BCUT2D eigenvalue weighted by Gasteiger charge is 2.10. The first-order valence-corrected chi connectivity index (χ1v) is 5.42. The van der Waals surface area contributed by atoms with E-state index < -0.39 is 0 Å². The second-order valence-electron chi connectivity index (χ2n) is 3.88. The highest BCUT2D eigenvalue weighted by molar-refractivity contribution is 5.29. The maximum absolute atomic E-state index is 5.62. The molecule has 0 aliphatic carbocycles. The smallest absolute Gasteiger partial charge is 0.225 e. The molecule has 0 aromatic carbocycles. The molecule has 1 heterocycles. The monoisotopic (exact) mass is 208 g/mol. The SMILES string of the molecule is CCN(CC(C)CN)c1nccc(C)n1. The second-order valence-corrected chi connectivity index (χ2v) is 3.88. The van der Waals surface area contributed by atoms with Crippen molar-refractivity contribution in [3.8, 4) is 0 Å². The molecule has 4 heteroatoms. The van der Waals surface area contributed by atoms with E-state index >= 15 is 0 Å². The predicted octanol–water partition coefficient (Wildman–Crippen LogP) is 1.21. The lowest BCUT2D eigenvalue weighted by Crippen LogP contribution is -2.32. The molecule has 1 rings (SSSR count). The Bertz CT molecular complexity index is 300. The lowest BCUT2D eigenvalue weighted by Gasteiger charge is -2.23. The summed E-state index contributed by atoms with van der Waals surface area (Å²) in [6.45, 7) is 8.74. The Balaban J connectivity index is 2.73. The molecule has 0 saturated carbocycles. The average molecular weight is 208 g/mol. The molecule has 0 amide bonds. The third-order valence-corrected chi connectivity index (χ3v) is 2.38. The first-order chi connectivity index (χ1) is 7.17. The summed E-state index contributed by atoms with van der Waals surface area (Å²) in [7, 11) is 0. The van der Waals surface area contributed by atoms with Gasteiger partial charge in [-0.25, -0.2) is 9.97 Å². The number of nitrogens with zero attached hydrogens (tertiary/aromatic N) is 3. The van der Waals surface area contributed by atoms with Crippen LogP contribution in [-0.4, -0.2) is 29.6 Å². The van der Waals surface area contributed by atoms with Crippen LogP contribution in [0, 0.1) is 12.8 Å². The minimum absolute atomic E-state index is 0.467. The van der Waals surface area contributed by atoms with Gasteiger partial charge in [-0.05, 0) is 32.4 Å². The Hall–Kier alpha value is -1.16. The maximum atomic E-state index is 5.62. The number of hydrogen-bond acceptors (Lipinski definition) is 4. The van der Waals surface area contributed by atoms with Crippen LogP contribution in [0.25, 0.3) is 0 Å². The zero-order valence-electron chi connectivity index (χ0n) is 9.77. The molecule has 0 radical (unpaired) electrons. The molecule has 1 unspecified atom stereocenters. The summed E-state index contributed by atoms with van der Waals surface area (Å²) in [5.41, 5.74) is 6.61. The largest absolute Gasteiger partial charge is 0.341 e. The van der Waals surface area contributed by atoms with E-state index in [0.29, 0.717) is 12.5 Å². The molecule has 4 nitrogen and oxygen atoms in total. The van der Waals surface area contributed by atoms with Crippen LogP contribution < -0.4 is 10.6 Å². The zero-order valence-corrected chi connectivity index (χ0v) is 9.77. The van der Waals surface area contributed by atoms with E-state index in [2.05, 4.69) is 28.7 Å². The van der Waals surface area contributed by atoms with Crippen LogP contribution in [0.3, 0.4) is 0 Å². The molecule has 1 atom stereocenters. The normalized spacial score (nSPS) is 12.5. The molecule has 1 aromatic rings. The molecule has 0 bridgehead atoms. The van der Waals surface area contributed by atoms with Crippen LogP contribution in [0.15, 0.2) is 12.3 Å². The zero-order chi connectivity index (χ0) is 11.3. The summed E-state index contributed by atoms with van der Waals surface area (Å²) in [5, 5.41) is 0. The summed E-state index contributed by atoms with van der Waals surface area (Å²) in [6.07, 6.45) is 1.80. The molecule has 0 aliphatic heterocycles. The van der Waals surface area contributed by atoms with Crippen molar-refractivity contribution in [1.82, 2.24) is 9.97 Å². The fourth-order valence-corrected chi connectivity index (χ4v) is 1.39. The lowest BCUT2D eigenvalue weighted by atomic mass is 10.2. The molecule has 84 valence electrons. The fraction of sp³-hybridized carbons (Fsp3) is 0.636.